The lowest BCUT2D eigenvalue weighted by molar-refractivity contribution is -0.143. The Morgan fingerprint density at radius 2 is 1.68 bits per heavy atom. The van der Waals surface area contributed by atoms with Crippen LogP contribution in [0.15, 0.2) is 53.9 Å². The van der Waals surface area contributed by atoms with Crippen LogP contribution in [-0.4, -0.2) is 30.2 Å². The Labute approximate surface area is 195 Å². The van der Waals surface area contributed by atoms with Crippen LogP contribution in [0.1, 0.15) is 40.2 Å². The van der Waals surface area contributed by atoms with Gasteiger partial charge < -0.3 is 14.7 Å². The van der Waals surface area contributed by atoms with Crippen molar-refractivity contribution < 1.29 is 45.8 Å². The van der Waals surface area contributed by atoms with Crippen molar-refractivity contribution >= 4 is 29.5 Å². The summed E-state index contributed by atoms with van der Waals surface area (Å²) >= 11 is 1.18. The highest BCUT2D eigenvalue weighted by atomic mass is 32.2. The number of carboxylic acids is 1. The summed E-state index contributed by atoms with van der Waals surface area (Å²) in [5.74, 6) is -0.797. The molecule has 0 aliphatic carbocycles. The molecule has 34 heavy (non-hydrogen) atoms. The first-order valence-corrected chi connectivity index (χ1v) is 10.6. The molecule has 0 aliphatic heterocycles. The second kappa shape index (κ2) is 11.3. The van der Waals surface area contributed by atoms with Crippen LogP contribution in [0, 0.1) is 0 Å². The highest BCUT2D eigenvalue weighted by Crippen LogP contribution is 2.37. The molecule has 1 atom stereocenters. The number of rotatable bonds is 9. The molecule has 0 radical (unpaired) electrons. The summed E-state index contributed by atoms with van der Waals surface area (Å²) in [4.78, 5) is 17.0. The number of hydrogen-bond donors (Lipinski definition) is 1. The third-order valence-corrected chi connectivity index (χ3v) is 5.23. The first-order chi connectivity index (χ1) is 15.9. The predicted octanol–water partition coefficient (Wildman–Crippen LogP) is 6.60. The van der Waals surface area contributed by atoms with E-state index < -0.39 is 40.4 Å². The average molecular weight is 507 g/mol. The molecular weight excluding hydrogens is 488 g/mol. The van der Waals surface area contributed by atoms with Gasteiger partial charge in [0.05, 0.1) is 30.7 Å². The van der Waals surface area contributed by atoms with Crippen LogP contribution in [0.3, 0.4) is 0 Å². The maximum Gasteiger partial charge on any atom is 0.416 e. The summed E-state index contributed by atoms with van der Waals surface area (Å²) in [7, 11) is 1.27. The van der Waals surface area contributed by atoms with E-state index in [0.29, 0.717) is 23.4 Å². The molecule has 0 saturated heterocycles. The van der Waals surface area contributed by atoms with Crippen molar-refractivity contribution in [1.82, 2.24) is 0 Å². The lowest BCUT2D eigenvalue weighted by Crippen LogP contribution is -2.11. The van der Waals surface area contributed by atoms with E-state index >= 15 is 0 Å². The number of carboxylic acid groups (broad SMARTS) is 1. The zero-order valence-corrected chi connectivity index (χ0v) is 18.6. The highest BCUT2D eigenvalue weighted by molar-refractivity contribution is 7.99. The fraction of sp³-hybridized carbons (Fsp3) is 0.273. The molecule has 2 aromatic rings. The van der Waals surface area contributed by atoms with Crippen molar-refractivity contribution in [1.29, 1.82) is 0 Å². The molecule has 0 bridgehead atoms. The average Bonchev–Trinajstić information content (AvgIpc) is 2.75. The number of hydrogen-bond acceptors (Lipinski definition) is 5. The summed E-state index contributed by atoms with van der Waals surface area (Å²) in [6, 6.07) is 7.32. The minimum Gasteiger partial charge on any atom is -0.503 e. The lowest BCUT2D eigenvalue weighted by Gasteiger charge is -2.18. The summed E-state index contributed by atoms with van der Waals surface area (Å²) in [5.41, 5.74) is -3.91. The van der Waals surface area contributed by atoms with Crippen molar-refractivity contribution in [3.63, 3.8) is 0 Å². The minimum atomic E-state index is -4.99. The molecule has 0 aliphatic rings. The largest absolute Gasteiger partial charge is 0.503 e. The van der Waals surface area contributed by atoms with E-state index in [-0.39, 0.29) is 17.2 Å². The molecule has 1 N–H and O–H groups in total. The Morgan fingerprint density at radius 1 is 1.09 bits per heavy atom. The maximum atomic E-state index is 13.0. The number of benzene rings is 2. The number of halogens is 6. The first kappa shape index (κ1) is 27.1. The number of thioether (sulfide) groups is 1. The lowest BCUT2D eigenvalue weighted by atomic mass is 10.0. The van der Waals surface area contributed by atoms with Gasteiger partial charge in [-0.1, -0.05) is 36.3 Å². The number of methoxy groups -OCH3 is 1. The second-order valence-electron chi connectivity index (χ2n) is 6.63. The molecular formula is C22H19F6NO4S. The maximum absolute atomic E-state index is 13.0. The van der Waals surface area contributed by atoms with Gasteiger partial charge in [-0.15, -0.1) is 11.8 Å². The van der Waals surface area contributed by atoms with Gasteiger partial charge in [0.25, 0.3) is 0 Å². The SMILES string of the molecule is CCSC(ON=Cc1cc(C(F)(F)F)cc(C(F)(F)F)c1)c1ccccc1C(=COC)C(=O)O. The van der Waals surface area contributed by atoms with Crippen LogP contribution < -0.4 is 0 Å². The van der Waals surface area contributed by atoms with Crippen LogP contribution >= 0.6 is 11.8 Å². The van der Waals surface area contributed by atoms with Crippen LogP contribution in [0.5, 0.6) is 0 Å². The zero-order chi connectivity index (χ0) is 25.5. The Bertz CT molecular complexity index is 1030. The van der Waals surface area contributed by atoms with Crippen LogP contribution in [0.4, 0.5) is 26.3 Å². The van der Waals surface area contributed by atoms with Crippen molar-refractivity contribution in [2.45, 2.75) is 24.7 Å². The Balaban J connectivity index is 2.43. The molecule has 5 nitrogen and oxygen atoms in total. The van der Waals surface area contributed by atoms with Crippen molar-refractivity contribution in [2.24, 2.45) is 5.16 Å². The van der Waals surface area contributed by atoms with Crippen LogP contribution in [0.2, 0.25) is 0 Å². The van der Waals surface area contributed by atoms with Gasteiger partial charge in [0.1, 0.15) is 5.57 Å². The van der Waals surface area contributed by atoms with Gasteiger partial charge in [-0.25, -0.2) is 4.79 Å². The van der Waals surface area contributed by atoms with Gasteiger partial charge in [0, 0.05) is 5.56 Å². The van der Waals surface area contributed by atoms with E-state index in [1.807, 2.05) is 0 Å². The molecule has 0 heterocycles. The monoisotopic (exact) mass is 507 g/mol. The first-order valence-electron chi connectivity index (χ1n) is 9.54. The van der Waals surface area contributed by atoms with Gasteiger partial charge in [-0.05, 0) is 35.1 Å². The van der Waals surface area contributed by atoms with Crippen LogP contribution in [0.25, 0.3) is 5.57 Å². The van der Waals surface area contributed by atoms with Crippen molar-refractivity contribution in [2.75, 3.05) is 12.9 Å². The van der Waals surface area contributed by atoms with E-state index in [4.69, 9.17) is 9.57 Å². The predicted molar refractivity (Wildman–Crippen MR) is 115 cm³/mol. The van der Waals surface area contributed by atoms with Gasteiger partial charge in [-0.2, -0.15) is 26.3 Å². The molecule has 2 aromatic carbocycles. The Morgan fingerprint density at radius 3 is 2.18 bits per heavy atom. The number of aliphatic carboxylic acids is 1. The summed E-state index contributed by atoms with van der Waals surface area (Å²) in [6.45, 7) is 1.78. The van der Waals surface area contributed by atoms with Gasteiger partial charge in [0.15, 0.2) is 5.44 Å². The number of alkyl halides is 6. The molecule has 0 fully saturated rings. The molecule has 0 amide bonds. The topological polar surface area (TPSA) is 68.1 Å². The highest BCUT2D eigenvalue weighted by Gasteiger charge is 2.36. The van der Waals surface area contributed by atoms with Crippen molar-refractivity contribution in [3.8, 4) is 0 Å². The fourth-order valence-corrected chi connectivity index (χ4v) is 3.62. The van der Waals surface area contributed by atoms with Crippen molar-refractivity contribution in [3.05, 3.63) is 76.5 Å². The third kappa shape index (κ3) is 7.17. The smallest absolute Gasteiger partial charge is 0.416 e. The Kier molecular flexibility index (Phi) is 9.02. The number of ether oxygens (including phenoxy) is 1. The molecule has 2 rings (SSSR count). The van der Waals surface area contributed by atoms with E-state index in [1.165, 1.54) is 24.9 Å². The standard InChI is InChI=1S/C22H19F6NO4S/c1-3-34-20(17-7-5-4-6-16(17)18(12-32-2)19(30)31)33-29-11-13-8-14(21(23,24)25)10-15(9-13)22(26,27)28/h4-12,20H,3H2,1-2H3,(H,30,31). The fourth-order valence-electron chi connectivity index (χ4n) is 2.82. The van der Waals surface area contributed by atoms with Gasteiger partial charge >= 0.3 is 18.3 Å². The summed E-state index contributed by atoms with van der Waals surface area (Å²) in [5, 5.41) is 13.1. The number of carbonyl (C=O) groups is 1. The minimum absolute atomic E-state index is 0.0136. The number of nitrogens with zero attached hydrogens (tertiary/aromatic N) is 1. The molecule has 1 unspecified atom stereocenters. The van der Waals surface area contributed by atoms with E-state index in [0.717, 1.165) is 12.5 Å². The molecule has 0 spiro atoms. The normalized spacial score (nSPS) is 13.7. The van der Waals surface area contributed by atoms with E-state index in [9.17, 15) is 36.2 Å². The van der Waals surface area contributed by atoms with Gasteiger partial charge in [0.2, 0.25) is 0 Å². The summed E-state index contributed by atoms with van der Waals surface area (Å²) < 4.78 is 83.1. The second-order valence-corrected chi connectivity index (χ2v) is 7.96. The number of oxime groups is 1. The van der Waals surface area contributed by atoms with E-state index in [1.54, 1.807) is 25.1 Å². The third-order valence-electron chi connectivity index (χ3n) is 4.26. The summed E-state index contributed by atoms with van der Waals surface area (Å²) in [6.07, 6.45) is -8.23. The molecule has 0 saturated carbocycles. The van der Waals surface area contributed by atoms with Crippen LogP contribution in [-0.2, 0) is 26.7 Å². The van der Waals surface area contributed by atoms with Gasteiger partial charge in [-0.3, -0.25) is 0 Å². The molecule has 12 heteroatoms. The molecule has 0 aromatic heterocycles. The molecule has 184 valence electrons. The zero-order valence-electron chi connectivity index (χ0n) is 17.8. The Hall–Kier alpha value is -3.15. The van der Waals surface area contributed by atoms with E-state index in [2.05, 4.69) is 5.16 Å². The quantitative estimate of drug-likeness (QED) is 0.103.